The van der Waals surface area contributed by atoms with Crippen LogP contribution in [0.15, 0.2) is 5.51 Å². The molecule has 0 unspecified atom stereocenters. The summed E-state index contributed by atoms with van der Waals surface area (Å²) in [6.45, 7) is 7.38. The molecule has 16 heavy (non-hydrogen) atoms. The molecule has 1 amide bonds. The third-order valence-electron chi connectivity index (χ3n) is 2.15. The molecule has 0 aliphatic rings. The zero-order chi connectivity index (χ0) is 12.2. The summed E-state index contributed by atoms with van der Waals surface area (Å²) in [6.07, 6.45) is 0.801. The number of carbonyl (C=O) groups excluding carboxylic acids is 1. The van der Waals surface area contributed by atoms with Crippen molar-refractivity contribution in [2.75, 3.05) is 13.1 Å². The lowest BCUT2D eigenvalue weighted by atomic mass is 9.91. The fourth-order valence-electron chi connectivity index (χ4n) is 1.33. The third-order valence-corrected chi connectivity index (χ3v) is 2.98. The Morgan fingerprint density at radius 1 is 1.56 bits per heavy atom. The van der Waals surface area contributed by atoms with Gasteiger partial charge in [0.1, 0.15) is 4.88 Å². The fourth-order valence-corrected chi connectivity index (χ4v) is 2.24. The molecule has 1 rings (SSSR count). The van der Waals surface area contributed by atoms with E-state index < -0.39 is 0 Å². The second-order valence-corrected chi connectivity index (χ2v) is 5.53. The lowest BCUT2D eigenvalue weighted by Crippen LogP contribution is -2.28. The molecular formula is C11H19N3OS. The van der Waals surface area contributed by atoms with Crippen LogP contribution in [0.1, 0.15) is 42.6 Å². The molecule has 0 spiro atoms. The second kappa shape index (κ2) is 5.41. The standard InChI is InChI=1S/C11H19N3OS/c1-11(2,3)9-8(16-7-14-9)10(15)13-6-4-5-12/h7H,4-6,12H2,1-3H3,(H,13,15). The molecule has 0 aliphatic heterocycles. The first kappa shape index (κ1) is 13.1. The molecule has 0 bridgehead atoms. The number of hydrogen-bond acceptors (Lipinski definition) is 4. The minimum atomic E-state index is -0.0967. The highest BCUT2D eigenvalue weighted by atomic mass is 32.1. The number of rotatable bonds is 4. The van der Waals surface area contributed by atoms with Gasteiger partial charge in [-0.25, -0.2) is 4.98 Å². The van der Waals surface area contributed by atoms with Gasteiger partial charge in [-0.3, -0.25) is 4.79 Å². The zero-order valence-electron chi connectivity index (χ0n) is 10.0. The molecule has 90 valence electrons. The molecule has 1 heterocycles. The first-order valence-electron chi connectivity index (χ1n) is 5.39. The number of aromatic nitrogens is 1. The lowest BCUT2D eigenvalue weighted by Gasteiger charge is -2.17. The summed E-state index contributed by atoms with van der Waals surface area (Å²) < 4.78 is 0. The van der Waals surface area contributed by atoms with Crippen LogP contribution in [-0.2, 0) is 5.41 Å². The number of nitrogens with two attached hydrogens (primary N) is 1. The maximum Gasteiger partial charge on any atom is 0.263 e. The molecule has 0 saturated heterocycles. The average Bonchev–Trinajstić information content (AvgIpc) is 2.65. The Hall–Kier alpha value is -0.940. The largest absolute Gasteiger partial charge is 0.351 e. The minimum Gasteiger partial charge on any atom is -0.351 e. The number of hydrogen-bond donors (Lipinski definition) is 2. The van der Waals surface area contributed by atoms with E-state index >= 15 is 0 Å². The van der Waals surface area contributed by atoms with Crippen molar-refractivity contribution in [1.29, 1.82) is 0 Å². The van der Waals surface area contributed by atoms with Gasteiger partial charge in [-0.15, -0.1) is 11.3 Å². The van der Waals surface area contributed by atoms with E-state index in [-0.39, 0.29) is 11.3 Å². The molecule has 5 heteroatoms. The van der Waals surface area contributed by atoms with Crippen molar-refractivity contribution in [3.05, 3.63) is 16.1 Å². The Balaban J connectivity index is 2.73. The van der Waals surface area contributed by atoms with E-state index in [9.17, 15) is 4.79 Å². The third kappa shape index (κ3) is 3.28. The van der Waals surface area contributed by atoms with E-state index in [0.29, 0.717) is 18.0 Å². The number of amides is 1. The summed E-state index contributed by atoms with van der Waals surface area (Å²) >= 11 is 1.39. The molecule has 1 aromatic rings. The van der Waals surface area contributed by atoms with Gasteiger partial charge in [0.15, 0.2) is 0 Å². The van der Waals surface area contributed by atoms with Crippen molar-refractivity contribution in [3.8, 4) is 0 Å². The first-order chi connectivity index (χ1) is 7.46. The Labute approximate surface area is 100 Å². The summed E-state index contributed by atoms with van der Waals surface area (Å²) in [4.78, 5) is 16.8. The Bertz CT molecular complexity index is 354. The monoisotopic (exact) mass is 241 g/mol. The van der Waals surface area contributed by atoms with Gasteiger partial charge in [-0.2, -0.15) is 0 Å². The van der Waals surface area contributed by atoms with Crippen LogP contribution in [0.5, 0.6) is 0 Å². The van der Waals surface area contributed by atoms with Crippen LogP contribution >= 0.6 is 11.3 Å². The molecule has 3 N–H and O–H groups in total. The molecule has 0 aliphatic carbocycles. The fraction of sp³-hybridized carbons (Fsp3) is 0.636. The van der Waals surface area contributed by atoms with E-state index in [0.717, 1.165) is 12.1 Å². The van der Waals surface area contributed by atoms with Crippen molar-refractivity contribution in [2.24, 2.45) is 5.73 Å². The quantitative estimate of drug-likeness (QED) is 0.785. The highest BCUT2D eigenvalue weighted by Gasteiger charge is 2.24. The summed E-state index contributed by atoms with van der Waals surface area (Å²) in [5, 5.41) is 2.85. The van der Waals surface area contributed by atoms with Gasteiger partial charge in [-0.05, 0) is 13.0 Å². The summed E-state index contributed by atoms with van der Waals surface area (Å²) in [5.74, 6) is -0.0409. The SMILES string of the molecule is CC(C)(C)c1ncsc1C(=O)NCCCN. The van der Waals surface area contributed by atoms with E-state index in [1.807, 2.05) is 0 Å². The van der Waals surface area contributed by atoms with Crippen molar-refractivity contribution in [2.45, 2.75) is 32.6 Å². The van der Waals surface area contributed by atoms with E-state index in [1.165, 1.54) is 11.3 Å². The van der Waals surface area contributed by atoms with Gasteiger partial charge in [0, 0.05) is 12.0 Å². The molecule has 0 aromatic carbocycles. The number of nitrogens with zero attached hydrogens (tertiary/aromatic N) is 1. The van der Waals surface area contributed by atoms with Crippen LogP contribution in [0.4, 0.5) is 0 Å². The van der Waals surface area contributed by atoms with Crippen LogP contribution in [0.2, 0.25) is 0 Å². The average molecular weight is 241 g/mol. The van der Waals surface area contributed by atoms with Gasteiger partial charge in [0.05, 0.1) is 11.2 Å². The highest BCUT2D eigenvalue weighted by Crippen LogP contribution is 2.26. The molecule has 0 fully saturated rings. The molecule has 1 aromatic heterocycles. The smallest absolute Gasteiger partial charge is 0.263 e. The van der Waals surface area contributed by atoms with Crippen LogP contribution in [0.25, 0.3) is 0 Å². The Morgan fingerprint density at radius 2 is 2.25 bits per heavy atom. The van der Waals surface area contributed by atoms with Crippen molar-refractivity contribution in [3.63, 3.8) is 0 Å². The van der Waals surface area contributed by atoms with Gasteiger partial charge in [0.2, 0.25) is 0 Å². The first-order valence-corrected chi connectivity index (χ1v) is 6.27. The summed E-state index contributed by atoms with van der Waals surface area (Å²) in [6, 6.07) is 0. The number of carbonyl (C=O) groups is 1. The van der Waals surface area contributed by atoms with E-state index in [4.69, 9.17) is 5.73 Å². The Kier molecular flexibility index (Phi) is 4.44. The molecule has 0 saturated carbocycles. The van der Waals surface area contributed by atoms with E-state index in [2.05, 4.69) is 31.1 Å². The minimum absolute atomic E-state index is 0.0409. The lowest BCUT2D eigenvalue weighted by molar-refractivity contribution is 0.0955. The van der Waals surface area contributed by atoms with Crippen LogP contribution in [-0.4, -0.2) is 24.0 Å². The summed E-state index contributed by atoms with van der Waals surface area (Å²) in [5.41, 5.74) is 7.86. The predicted molar refractivity (Wildman–Crippen MR) is 66.8 cm³/mol. The van der Waals surface area contributed by atoms with Crippen LogP contribution in [0.3, 0.4) is 0 Å². The van der Waals surface area contributed by atoms with Gasteiger partial charge >= 0.3 is 0 Å². The number of thiazole rings is 1. The predicted octanol–water partition coefficient (Wildman–Crippen LogP) is 1.52. The van der Waals surface area contributed by atoms with Crippen molar-refractivity contribution in [1.82, 2.24) is 10.3 Å². The maximum absolute atomic E-state index is 11.9. The highest BCUT2D eigenvalue weighted by molar-refractivity contribution is 7.11. The topological polar surface area (TPSA) is 68.0 Å². The zero-order valence-corrected chi connectivity index (χ0v) is 10.9. The second-order valence-electron chi connectivity index (χ2n) is 4.68. The normalized spacial score (nSPS) is 11.5. The number of nitrogens with one attached hydrogen (secondary N) is 1. The molecule has 4 nitrogen and oxygen atoms in total. The molecular weight excluding hydrogens is 222 g/mol. The molecule has 0 atom stereocenters. The molecule has 0 radical (unpaired) electrons. The van der Waals surface area contributed by atoms with Crippen molar-refractivity contribution < 1.29 is 4.79 Å². The van der Waals surface area contributed by atoms with Crippen LogP contribution < -0.4 is 11.1 Å². The summed E-state index contributed by atoms with van der Waals surface area (Å²) in [7, 11) is 0. The van der Waals surface area contributed by atoms with Gasteiger partial charge in [0.25, 0.3) is 5.91 Å². The maximum atomic E-state index is 11.9. The van der Waals surface area contributed by atoms with Crippen LogP contribution in [0, 0.1) is 0 Å². The van der Waals surface area contributed by atoms with Gasteiger partial charge < -0.3 is 11.1 Å². The van der Waals surface area contributed by atoms with Crippen molar-refractivity contribution >= 4 is 17.2 Å². The van der Waals surface area contributed by atoms with Gasteiger partial charge in [-0.1, -0.05) is 20.8 Å². The van der Waals surface area contributed by atoms with E-state index in [1.54, 1.807) is 5.51 Å². The Morgan fingerprint density at radius 3 is 2.81 bits per heavy atom.